The summed E-state index contributed by atoms with van der Waals surface area (Å²) in [5, 5.41) is 2.01. The predicted molar refractivity (Wildman–Crippen MR) is 94.0 cm³/mol. The molecule has 3 rings (SSSR count). The van der Waals surface area contributed by atoms with Gasteiger partial charge in [0.15, 0.2) is 11.6 Å². The fraction of sp³-hybridized carbons (Fsp3) is 0.444. The minimum Gasteiger partial charge on any atom is -0.378 e. The van der Waals surface area contributed by atoms with Crippen molar-refractivity contribution in [3.05, 3.63) is 34.9 Å². The summed E-state index contributed by atoms with van der Waals surface area (Å²) in [6.45, 7) is -13.7. The molecule has 0 saturated carbocycles. The number of ether oxygens (including phenoxy) is 1. The van der Waals surface area contributed by atoms with Gasteiger partial charge < -0.3 is 15.0 Å². The SMILES string of the molecule is [2H]C1([2H])OC([2H])([2H])C([2H])([2H])N(c2cc(F)c(NC(=O)C3=C(C(=O)NOC)CCC3)c(F)c2)C1([2H])[2H]. The van der Waals surface area contributed by atoms with Crippen LogP contribution >= 0.6 is 0 Å². The zero-order chi connectivity index (χ0) is 26.6. The van der Waals surface area contributed by atoms with Gasteiger partial charge >= 0.3 is 0 Å². The molecule has 0 radical (unpaired) electrons. The highest BCUT2D eigenvalue weighted by atomic mass is 19.1. The molecule has 146 valence electrons. The van der Waals surface area contributed by atoms with Crippen LogP contribution in [0.2, 0.25) is 0 Å². The lowest BCUT2D eigenvalue weighted by molar-refractivity contribution is -0.127. The van der Waals surface area contributed by atoms with Crippen LogP contribution in [-0.4, -0.2) is 45.0 Å². The van der Waals surface area contributed by atoms with Crippen molar-refractivity contribution in [3.63, 3.8) is 0 Å². The van der Waals surface area contributed by atoms with Gasteiger partial charge in [-0.25, -0.2) is 14.3 Å². The molecule has 1 fully saturated rings. The number of benzene rings is 1. The Kier molecular flexibility index (Phi) is 3.55. The van der Waals surface area contributed by atoms with E-state index in [1.807, 2.05) is 5.32 Å². The van der Waals surface area contributed by atoms with Crippen molar-refractivity contribution in [2.75, 3.05) is 43.4 Å². The number of halogens is 2. The smallest absolute Gasteiger partial charge is 0.271 e. The van der Waals surface area contributed by atoms with Gasteiger partial charge in [0.1, 0.15) is 5.69 Å². The Bertz CT molecular complexity index is 1050. The van der Waals surface area contributed by atoms with Crippen molar-refractivity contribution in [3.8, 4) is 0 Å². The van der Waals surface area contributed by atoms with E-state index in [9.17, 15) is 18.4 Å². The molecule has 2 aliphatic rings. The molecule has 9 heteroatoms. The first-order chi connectivity index (χ1) is 16.0. The fourth-order valence-corrected chi connectivity index (χ4v) is 2.72. The van der Waals surface area contributed by atoms with Gasteiger partial charge in [-0.05, 0) is 31.4 Å². The summed E-state index contributed by atoms with van der Waals surface area (Å²) in [7, 11) is 1.19. The largest absolute Gasteiger partial charge is 0.378 e. The highest BCUT2D eigenvalue weighted by Gasteiger charge is 2.27. The van der Waals surface area contributed by atoms with E-state index in [-0.39, 0.29) is 28.9 Å². The number of rotatable bonds is 5. The molecule has 7 nitrogen and oxygen atoms in total. The lowest BCUT2D eigenvalue weighted by atomic mass is 10.1. The second-order valence-corrected chi connectivity index (χ2v) is 5.55. The molecule has 0 spiro atoms. The van der Waals surface area contributed by atoms with Crippen LogP contribution in [0.15, 0.2) is 23.3 Å². The Labute approximate surface area is 166 Å². The number of anilines is 2. The normalized spacial score (nSPS) is 29.1. The molecule has 1 aliphatic carbocycles. The van der Waals surface area contributed by atoms with E-state index in [4.69, 9.17) is 11.0 Å². The molecule has 0 bridgehead atoms. The van der Waals surface area contributed by atoms with E-state index in [1.165, 1.54) is 7.11 Å². The zero-order valence-electron chi connectivity index (χ0n) is 22.1. The number of carbonyl (C=O) groups is 2. The van der Waals surface area contributed by atoms with Gasteiger partial charge in [-0.1, -0.05) is 0 Å². The average molecular weight is 389 g/mol. The zero-order valence-corrected chi connectivity index (χ0v) is 14.1. The lowest BCUT2D eigenvalue weighted by Gasteiger charge is -2.29. The second kappa shape index (κ2) is 8.45. The number of carbonyl (C=O) groups excluding carboxylic acids is 2. The highest BCUT2D eigenvalue weighted by molar-refractivity contribution is 6.10. The molecule has 2 N–H and O–H groups in total. The van der Waals surface area contributed by atoms with Gasteiger partial charge in [-0.2, -0.15) is 0 Å². The summed E-state index contributed by atoms with van der Waals surface area (Å²) in [6, 6.07) is 0.848. The maximum Gasteiger partial charge on any atom is 0.271 e. The molecule has 2 amide bonds. The highest BCUT2D eigenvalue weighted by Crippen LogP contribution is 2.30. The molecule has 1 saturated heterocycles. The summed E-state index contributed by atoms with van der Waals surface area (Å²) in [5.74, 6) is -4.62. The number of hydrogen-bond donors (Lipinski definition) is 2. The molecule has 1 aromatic carbocycles. The summed E-state index contributed by atoms with van der Waals surface area (Å²) in [6.07, 6.45) is 0.815. The Hall–Kier alpha value is -2.52. The van der Waals surface area contributed by atoms with Crippen LogP contribution < -0.4 is 15.7 Å². The maximum atomic E-state index is 14.9. The van der Waals surface area contributed by atoms with E-state index in [0.29, 0.717) is 18.6 Å². The lowest BCUT2D eigenvalue weighted by Crippen LogP contribution is -2.36. The van der Waals surface area contributed by atoms with E-state index < -0.39 is 60.9 Å². The van der Waals surface area contributed by atoms with Crippen molar-refractivity contribution in [1.29, 1.82) is 0 Å². The van der Waals surface area contributed by atoms with Crippen LogP contribution in [0.25, 0.3) is 0 Å². The summed E-state index contributed by atoms with van der Waals surface area (Å²) < 4.78 is 96.9. The topological polar surface area (TPSA) is 79.9 Å². The van der Waals surface area contributed by atoms with Crippen LogP contribution in [0.1, 0.15) is 30.2 Å². The molecular formula is C18H21F2N3O4. The summed E-state index contributed by atoms with van der Waals surface area (Å²) in [5.41, 5.74) is 0.239. The van der Waals surface area contributed by atoms with Crippen LogP contribution in [0.3, 0.4) is 0 Å². The Balaban J connectivity index is 2.00. The first kappa shape index (κ1) is 11.4. The number of morpholine rings is 1. The molecule has 1 aromatic rings. The molecule has 0 atom stereocenters. The standard InChI is InChI=1S/C18H21F2N3O4/c1-26-22-18(25)13-4-2-3-12(13)17(24)21-16-14(19)9-11(10-15(16)20)23-5-7-27-8-6-23/h9-10H,2-8H2,1H3,(H,21,24)(H,22,25)/i5D2,6D2,7D2,8D2. The Morgan fingerprint density at radius 3 is 2.33 bits per heavy atom. The van der Waals surface area contributed by atoms with E-state index in [2.05, 4.69) is 15.1 Å². The molecule has 1 heterocycles. The van der Waals surface area contributed by atoms with E-state index in [1.54, 1.807) is 0 Å². The van der Waals surface area contributed by atoms with Crippen molar-refractivity contribution < 1.29 is 38.9 Å². The Morgan fingerprint density at radius 2 is 1.74 bits per heavy atom. The van der Waals surface area contributed by atoms with Crippen LogP contribution in [0.5, 0.6) is 0 Å². The number of nitrogens with one attached hydrogen (secondary N) is 2. The van der Waals surface area contributed by atoms with Gasteiger partial charge in [0.05, 0.1) is 31.2 Å². The van der Waals surface area contributed by atoms with Crippen molar-refractivity contribution in [2.45, 2.75) is 19.3 Å². The minimum atomic E-state index is -3.42. The van der Waals surface area contributed by atoms with Crippen LogP contribution in [0, 0.1) is 11.6 Å². The molecular weight excluding hydrogens is 360 g/mol. The minimum absolute atomic E-state index is 0.0235. The van der Waals surface area contributed by atoms with Crippen LogP contribution in [-0.2, 0) is 19.2 Å². The molecule has 0 aromatic heterocycles. The Morgan fingerprint density at radius 1 is 1.15 bits per heavy atom. The van der Waals surface area contributed by atoms with E-state index in [0.717, 1.165) is 0 Å². The fourth-order valence-electron chi connectivity index (χ4n) is 2.72. The monoisotopic (exact) mass is 389 g/mol. The summed E-state index contributed by atoms with van der Waals surface area (Å²) in [4.78, 5) is 29.1. The molecule has 1 aliphatic heterocycles. The van der Waals surface area contributed by atoms with Gasteiger partial charge in [0.2, 0.25) is 0 Å². The van der Waals surface area contributed by atoms with Crippen molar-refractivity contribution >= 4 is 23.2 Å². The second-order valence-electron chi connectivity index (χ2n) is 5.55. The first-order valence-corrected chi connectivity index (χ1v) is 7.84. The maximum absolute atomic E-state index is 14.9. The number of nitrogens with zero attached hydrogens (tertiary/aromatic N) is 1. The van der Waals surface area contributed by atoms with Crippen molar-refractivity contribution in [2.24, 2.45) is 0 Å². The van der Waals surface area contributed by atoms with Gasteiger partial charge in [-0.3, -0.25) is 14.4 Å². The number of amides is 2. The first-order valence-electron chi connectivity index (χ1n) is 11.8. The molecule has 0 unspecified atom stereocenters. The van der Waals surface area contributed by atoms with Crippen LogP contribution in [0.4, 0.5) is 20.2 Å². The third-order valence-corrected chi connectivity index (χ3v) is 3.90. The summed E-state index contributed by atoms with van der Waals surface area (Å²) >= 11 is 0. The van der Waals surface area contributed by atoms with E-state index >= 15 is 0 Å². The predicted octanol–water partition coefficient (Wildman–Crippen LogP) is 1.90. The molecule has 27 heavy (non-hydrogen) atoms. The number of hydrogen-bond acceptors (Lipinski definition) is 5. The third-order valence-electron chi connectivity index (χ3n) is 3.90. The van der Waals surface area contributed by atoms with Gasteiger partial charge in [-0.15, -0.1) is 0 Å². The average Bonchev–Trinajstić information content (AvgIpc) is 3.19. The van der Waals surface area contributed by atoms with Crippen molar-refractivity contribution in [1.82, 2.24) is 5.48 Å². The van der Waals surface area contributed by atoms with Gasteiger partial charge in [0.25, 0.3) is 11.8 Å². The van der Waals surface area contributed by atoms with Gasteiger partial charge in [0, 0.05) is 29.8 Å². The third kappa shape index (κ3) is 4.25. The quantitative estimate of drug-likeness (QED) is 0.752. The number of hydroxylamine groups is 1.